The fraction of sp³-hybridized carbons (Fsp3) is 0.588. The first-order valence-electron chi connectivity index (χ1n) is 8.16. The fourth-order valence-corrected chi connectivity index (χ4v) is 2.92. The van der Waals surface area contributed by atoms with Crippen molar-refractivity contribution in [1.82, 2.24) is 0 Å². The van der Waals surface area contributed by atoms with E-state index in [0.717, 1.165) is 31.6 Å². The molecule has 0 saturated carbocycles. The van der Waals surface area contributed by atoms with E-state index in [4.69, 9.17) is 10.5 Å². The molecular formula is C17H25N3O4. The number of benzene rings is 1. The molecule has 1 heterocycles. The molecule has 7 nitrogen and oxygen atoms in total. The van der Waals surface area contributed by atoms with Crippen LogP contribution in [-0.2, 0) is 9.53 Å². The molecule has 132 valence electrons. The van der Waals surface area contributed by atoms with Crippen molar-refractivity contribution in [3.05, 3.63) is 28.3 Å². The van der Waals surface area contributed by atoms with E-state index in [0.29, 0.717) is 12.3 Å². The Hall–Kier alpha value is -2.31. The maximum Gasteiger partial charge on any atom is 0.306 e. The Morgan fingerprint density at radius 2 is 2.00 bits per heavy atom. The number of anilines is 2. The monoisotopic (exact) mass is 335 g/mol. The van der Waals surface area contributed by atoms with Gasteiger partial charge in [-0.05, 0) is 51.7 Å². The summed E-state index contributed by atoms with van der Waals surface area (Å²) in [6.45, 7) is 7.20. The minimum Gasteiger partial charge on any atom is -0.460 e. The van der Waals surface area contributed by atoms with Gasteiger partial charge in [0, 0.05) is 31.3 Å². The van der Waals surface area contributed by atoms with E-state index in [1.54, 1.807) is 12.1 Å². The van der Waals surface area contributed by atoms with Gasteiger partial charge >= 0.3 is 5.97 Å². The van der Waals surface area contributed by atoms with Crippen LogP contribution in [0.25, 0.3) is 0 Å². The first-order valence-corrected chi connectivity index (χ1v) is 8.16. The van der Waals surface area contributed by atoms with Crippen molar-refractivity contribution >= 4 is 23.0 Å². The van der Waals surface area contributed by atoms with Crippen LogP contribution in [0.1, 0.15) is 40.0 Å². The highest BCUT2D eigenvalue weighted by molar-refractivity contribution is 5.70. The van der Waals surface area contributed by atoms with E-state index < -0.39 is 10.5 Å². The topological polar surface area (TPSA) is 98.7 Å². The van der Waals surface area contributed by atoms with Crippen molar-refractivity contribution in [3.63, 3.8) is 0 Å². The molecule has 7 heteroatoms. The van der Waals surface area contributed by atoms with E-state index in [2.05, 4.69) is 4.90 Å². The smallest absolute Gasteiger partial charge is 0.306 e. The van der Waals surface area contributed by atoms with Crippen LogP contribution in [0, 0.1) is 16.0 Å². The van der Waals surface area contributed by atoms with Crippen molar-refractivity contribution in [2.75, 3.05) is 23.7 Å². The molecule has 0 aromatic heterocycles. The van der Waals surface area contributed by atoms with Gasteiger partial charge in [-0.25, -0.2) is 0 Å². The van der Waals surface area contributed by atoms with E-state index >= 15 is 0 Å². The predicted octanol–water partition coefficient (Wildman–Crippen LogP) is 3.13. The summed E-state index contributed by atoms with van der Waals surface area (Å²) in [6.07, 6.45) is 2.21. The Labute approximate surface area is 141 Å². The van der Waals surface area contributed by atoms with Crippen molar-refractivity contribution in [2.45, 2.75) is 45.6 Å². The van der Waals surface area contributed by atoms with E-state index in [1.165, 1.54) is 6.07 Å². The summed E-state index contributed by atoms with van der Waals surface area (Å²) < 4.78 is 5.37. The Balaban J connectivity index is 1.90. The van der Waals surface area contributed by atoms with Crippen LogP contribution in [0.15, 0.2) is 18.2 Å². The summed E-state index contributed by atoms with van der Waals surface area (Å²) >= 11 is 0. The van der Waals surface area contributed by atoms with Gasteiger partial charge in [0.1, 0.15) is 11.3 Å². The van der Waals surface area contributed by atoms with Gasteiger partial charge in [0.15, 0.2) is 0 Å². The number of nitro groups is 1. The molecule has 0 radical (unpaired) electrons. The Bertz CT molecular complexity index is 617. The lowest BCUT2D eigenvalue weighted by molar-refractivity contribution is -0.383. The number of hydrogen-bond acceptors (Lipinski definition) is 6. The minimum absolute atomic E-state index is 0.0708. The number of rotatable bonds is 4. The largest absolute Gasteiger partial charge is 0.460 e. The standard InChI is InChI=1S/C17H25N3O4/c1-17(2,3)24-16(21)10-12-6-8-19(9-7-12)13-4-5-15(20(22)23)14(18)11-13/h4-5,11-12H,6-10,18H2,1-3H3. The lowest BCUT2D eigenvalue weighted by Gasteiger charge is -2.33. The molecule has 1 aromatic carbocycles. The second kappa shape index (κ2) is 7.07. The maximum absolute atomic E-state index is 11.9. The van der Waals surface area contributed by atoms with Crippen molar-refractivity contribution < 1.29 is 14.5 Å². The number of piperidine rings is 1. The predicted molar refractivity (Wildman–Crippen MR) is 92.9 cm³/mol. The summed E-state index contributed by atoms with van der Waals surface area (Å²) in [5.41, 5.74) is 6.29. The zero-order valence-corrected chi connectivity index (χ0v) is 14.4. The fourth-order valence-electron chi connectivity index (χ4n) is 2.92. The van der Waals surface area contributed by atoms with Gasteiger partial charge in [0.2, 0.25) is 0 Å². The Kier molecular flexibility index (Phi) is 5.31. The summed E-state index contributed by atoms with van der Waals surface area (Å²) in [5, 5.41) is 10.8. The van der Waals surface area contributed by atoms with Crippen LogP contribution in [0.3, 0.4) is 0 Å². The maximum atomic E-state index is 11.9. The number of nitrogen functional groups attached to an aromatic ring is 1. The van der Waals surface area contributed by atoms with Crippen LogP contribution in [0.2, 0.25) is 0 Å². The average Bonchev–Trinajstić information content (AvgIpc) is 2.45. The van der Waals surface area contributed by atoms with Crippen molar-refractivity contribution in [3.8, 4) is 0 Å². The number of ether oxygens (including phenoxy) is 1. The third-order valence-electron chi connectivity index (χ3n) is 4.06. The van der Waals surface area contributed by atoms with Gasteiger partial charge in [-0.1, -0.05) is 0 Å². The number of nitrogens with two attached hydrogens (primary N) is 1. The van der Waals surface area contributed by atoms with Crippen molar-refractivity contribution in [1.29, 1.82) is 0 Å². The third-order valence-corrected chi connectivity index (χ3v) is 4.06. The lowest BCUT2D eigenvalue weighted by Crippen LogP contribution is -2.35. The zero-order chi connectivity index (χ0) is 17.9. The summed E-state index contributed by atoms with van der Waals surface area (Å²) in [5.74, 6) is 0.159. The first-order chi connectivity index (χ1) is 11.2. The molecule has 1 aliphatic rings. The normalized spacial score (nSPS) is 16.0. The molecule has 0 atom stereocenters. The highest BCUT2D eigenvalue weighted by Crippen LogP contribution is 2.30. The zero-order valence-electron chi connectivity index (χ0n) is 14.4. The van der Waals surface area contributed by atoms with Crippen molar-refractivity contribution in [2.24, 2.45) is 5.92 Å². The summed E-state index contributed by atoms with van der Waals surface area (Å²) in [6, 6.07) is 4.81. The van der Waals surface area contributed by atoms with E-state index in [-0.39, 0.29) is 17.3 Å². The molecule has 0 aliphatic carbocycles. The second-order valence-corrected chi connectivity index (χ2v) is 7.22. The van der Waals surface area contributed by atoms with Gasteiger partial charge in [0.25, 0.3) is 5.69 Å². The minimum atomic E-state index is -0.480. The van der Waals surface area contributed by atoms with Gasteiger partial charge < -0.3 is 15.4 Å². The molecule has 1 saturated heterocycles. The molecule has 2 rings (SSSR count). The van der Waals surface area contributed by atoms with Crippen LogP contribution in [0.4, 0.5) is 17.1 Å². The lowest BCUT2D eigenvalue weighted by atomic mass is 9.93. The molecule has 0 bridgehead atoms. The first kappa shape index (κ1) is 18.0. The van der Waals surface area contributed by atoms with Crippen LogP contribution in [0.5, 0.6) is 0 Å². The molecule has 1 aromatic rings. The average molecular weight is 335 g/mol. The second-order valence-electron chi connectivity index (χ2n) is 7.22. The van der Waals surface area contributed by atoms with Gasteiger partial charge in [0.05, 0.1) is 4.92 Å². The van der Waals surface area contributed by atoms with Crippen LogP contribution < -0.4 is 10.6 Å². The van der Waals surface area contributed by atoms with Gasteiger partial charge in [-0.3, -0.25) is 14.9 Å². The Morgan fingerprint density at radius 1 is 1.38 bits per heavy atom. The number of carbonyl (C=O) groups excluding carboxylic acids is 1. The number of nitro benzene ring substituents is 1. The van der Waals surface area contributed by atoms with E-state index in [1.807, 2.05) is 20.8 Å². The quantitative estimate of drug-likeness (QED) is 0.393. The van der Waals surface area contributed by atoms with E-state index in [9.17, 15) is 14.9 Å². The highest BCUT2D eigenvalue weighted by atomic mass is 16.6. The molecule has 1 fully saturated rings. The number of nitrogens with zero attached hydrogens (tertiary/aromatic N) is 2. The Morgan fingerprint density at radius 3 is 2.50 bits per heavy atom. The molecule has 1 aliphatic heterocycles. The van der Waals surface area contributed by atoms with Gasteiger partial charge in [-0.15, -0.1) is 0 Å². The molecule has 0 spiro atoms. The number of esters is 1. The number of carbonyl (C=O) groups is 1. The summed E-state index contributed by atoms with van der Waals surface area (Å²) in [4.78, 5) is 24.4. The number of hydrogen-bond donors (Lipinski definition) is 1. The molecule has 0 unspecified atom stereocenters. The van der Waals surface area contributed by atoms with Crippen LogP contribution >= 0.6 is 0 Å². The molecule has 2 N–H and O–H groups in total. The molecule has 0 amide bonds. The highest BCUT2D eigenvalue weighted by Gasteiger charge is 2.25. The third kappa shape index (κ3) is 4.84. The SMILES string of the molecule is CC(C)(C)OC(=O)CC1CCN(c2ccc([N+](=O)[O-])c(N)c2)CC1. The van der Waals surface area contributed by atoms with Gasteiger partial charge in [-0.2, -0.15) is 0 Å². The molecule has 24 heavy (non-hydrogen) atoms. The summed E-state index contributed by atoms with van der Waals surface area (Å²) in [7, 11) is 0. The van der Waals surface area contributed by atoms with Crippen LogP contribution in [-0.4, -0.2) is 29.6 Å². The molecular weight excluding hydrogens is 310 g/mol.